The van der Waals surface area contributed by atoms with Gasteiger partial charge in [0.2, 0.25) is 11.8 Å². The second kappa shape index (κ2) is 8.46. The molecule has 6 nitrogen and oxygen atoms in total. The minimum atomic E-state index is 0.0386. The molecule has 1 aromatic rings. The Morgan fingerprint density at radius 2 is 2.08 bits per heavy atom. The number of aromatic nitrogens is 2. The van der Waals surface area contributed by atoms with Crippen LogP contribution in [0.1, 0.15) is 39.0 Å². The highest BCUT2D eigenvalue weighted by Gasteiger charge is 2.41. The van der Waals surface area contributed by atoms with Gasteiger partial charge in [-0.05, 0) is 44.3 Å². The topological polar surface area (TPSA) is 58.4 Å². The fourth-order valence-electron chi connectivity index (χ4n) is 4.14. The Labute approximate surface area is 160 Å². The summed E-state index contributed by atoms with van der Waals surface area (Å²) in [6.45, 7) is 6.21. The number of amides is 2. The van der Waals surface area contributed by atoms with Crippen LogP contribution in [0.15, 0.2) is 18.7 Å². The lowest BCUT2D eigenvalue weighted by atomic mass is 9.72. The number of hydrogen-bond acceptors (Lipinski definition) is 4. The molecule has 26 heavy (non-hydrogen) atoms. The molecule has 0 saturated carbocycles. The van der Waals surface area contributed by atoms with Crippen molar-refractivity contribution in [2.24, 2.45) is 5.41 Å². The molecule has 2 aliphatic heterocycles. The molecular formula is C19H30N4O2S. The van der Waals surface area contributed by atoms with E-state index in [1.54, 1.807) is 18.0 Å². The molecule has 0 aliphatic carbocycles. The smallest absolute Gasteiger partial charge is 0.235 e. The number of aryl methyl sites for hydroxylation is 1. The minimum absolute atomic E-state index is 0.0386. The SMILES string of the molecule is CSC(C)C(=O)N1CCC2(CCC(=O)N(CCCn3ccnc3)C2)CC1. The van der Waals surface area contributed by atoms with Crippen molar-refractivity contribution in [1.29, 1.82) is 0 Å². The summed E-state index contributed by atoms with van der Waals surface area (Å²) in [6, 6.07) is 0. The van der Waals surface area contributed by atoms with Crippen LogP contribution in [0.5, 0.6) is 0 Å². The van der Waals surface area contributed by atoms with Crippen molar-refractivity contribution in [3.05, 3.63) is 18.7 Å². The Hall–Kier alpha value is -1.50. The maximum Gasteiger partial charge on any atom is 0.235 e. The van der Waals surface area contributed by atoms with Gasteiger partial charge in [-0.2, -0.15) is 11.8 Å². The average molecular weight is 379 g/mol. The molecule has 7 heteroatoms. The zero-order valence-corrected chi connectivity index (χ0v) is 16.7. The molecule has 2 aliphatic rings. The first-order valence-corrected chi connectivity index (χ1v) is 10.9. The van der Waals surface area contributed by atoms with Gasteiger partial charge in [0.15, 0.2) is 0 Å². The largest absolute Gasteiger partial charge is 0.342 e. The van der Waals surface area contributed by atoms with Gasteiger partial charge in [0.05, 0.1) is 11.6 Å². The molecule has 2 fully saturated rings. The highest BCUT2D eigenvalue weighted by atomic mass is 32.2. The van der Waals surface area contributed by atoms with Gasteiger partial charge >= 0.3 is 0 Å². The first-order valence-electron chi connectivity index (χ1n) is 9.58. The maximum atomic E-state index is 12.4. The number of rotatable bonds is 6. The van der Waals surface area contributed by atoms with Crippen molar-refractivity contribution >= 4 is 23.6 Å². The summed E-state index contributed by atoms with van der Waals surface area (Å²) in [5.74, 6) is 0.548. The third kappa shape index (κ3) is 4.42. The molecule has 2 amide bonds. The van der Waals surface area contributed by atoms with E-state index in [1.165, 1.54) is 0 Å². The Balaban J connectivity index is 1.51. The number of carbonyl (C=O) groups is 2. The van der Waals surface area contributed by atoms with Crippen molar-refractivity contribution in [3.8, 4) is 0 Å². The molecule has 0 aromatic carbocycles. The summed E-state index contributed by atoms with van der Waals surface area (Å²) < 4.78 is 2.06. The molecule has 3 heterocycles. The lowest BCUT2D eigenvalue weighted by Gasteiger charge is -2.47. The van der Waals surface area contributed by atoms with E-state index in [9.17, 15) is 9.59 Å². The van der Waals surface area contributed by atoms with Gasteiger partial charge < -0.3 is 14.4 Å². The Kier molecular flexibility index (Phi) is 6.27. The van der Waals surface area contributed by atoms with Crippen molar-refractivity contribution in [3.63, 3.8) is 0 Å². The van der Waals surface area contributed by atoms with Gasteiger partial charge in [-0.1, -0.05) is 0 Å². The normalized spacial score (nSPS) is 21.2. The lowest BCUT2D eigenvalue weighted by Crippen LogP contribution is -2.53. The van der Waals surface area contributed by atoms with Crippen LogP contribution in [0.4, 0.5) is 0 Å². The van der Waals surface area contributed by atoms with Crippen LogP contribution in [0, 0.1) is 5.41 Å². The third-order valence-electron chi connectivity index (χ3n) is 5.99. The third-order valence-corrected chi connectivity index (χ3v) is 6.90. The summed E-state index contributed by atoms with van der Waals surface area (Å²) in [7, 11) is 0. The van der Waals surface area contributed by atoms with E-state index in [4.69, 9.17) is 0 Å². The zero-order chi connectivity index (χ0) is 18.6. The van der Waals surface area contributed by atoms with E-state index in [2.05, 4.69) is 14.5 Å². The van der Waals surface area contributed by atoms with Crippen LogP contribution < -0.4 is 0 Å². The van der Waals surface area contributed by atoms with Gasteiger partial charge in [-0.25, -0.2) is 4.98 Å². The fraction of sp³-hybridized carbons (Fsp3) is 0.737. The maximum absolute atomic E-state index is 12.4. The summed E-state index contributed by atoms with van der Waals surface area (Å²) in [4.78, 5) is 32.9. The highest BCUT2D eigenvalue weighted by molar-refractivity contribution is 7.99. The van der Waals surface area contributed by atoms with Gasteiger partial charge in [0.25, 0.3) is 0 Å². The molecule has 0 radical (unpaired) electrons. The first-order chi connectivity index (χ1) is 12.5. The molecule has 1 atom stereocenters. The van der Waals surface area contributed by atoms with Crippen molar-refractivity contribution in [2.45, 2.75) is 50.8 Å². The molecule has 144 valence electrons. The molecule has 3 rings (SSSR count). The number of nitrogens with zero attached hydrogens (tertiary/aromatic N) is 4. The van der Waals surface area contributed by atoms with Crippen LogP contribution in [0.2, 0.25) is 0 Å². The van der Waals surface area contributed by atoms with E-state index in [0.717, 1.165) is 58.4 Å². The monoisotopic (exact) mass is 378 g/mol. The Morgan fingerprint density at radius 1 is 1.31 bits per heavy atom. The van der Waals surface area contributed by atoms with E-state index >= 15 is 0 Å². The Bertz CT molecular complexity index is 611. The lowest BCUT2D eigenvalue weighted by molar-refractivity contribution is -0.142. The first kappa shape index (κ1) is 19.3. The number of piperidine rings is 2. The molecular weight excluding hydrogens is 348 g/mol. The summed E-state index contributed by atoms with van der Waals surface area (Å²) in [5, 5.41) is 0.0386. The molecule has 1 unspecified atom stereocenters. The molecule has 1 spiro atoms. The van der Waals surface area contributed by atoms with Crippen LogP contribution in [0.3, 0.4) is 0 Å². The van der Waals surface area contributed by atoms with Crippen molar-refractivity contribution < 1.29 is 9.59 Å². The van der Waals surface area contributed by atoms with Crippen molar-refractivity contribution in [1.82, 2.24) is 19.4 Å². The molecule has 1 aromatic heterocycles. The van der Waals surface area contributed by atoms with Crippen molar-refractivity contribution in [2.75, 3.05) is 32.4 Å². The minimum Gasteiger partial charge on any atom is -0.342 e. The number of carbonyl (C=O) groups excluding carboxylic acids is 2. The summed E-state index contributed by atoms with van der Waals surface area (Å²) in [5.41, 5.74) is 0.211. The van der Waals surface area contributed by atoms with E-state index in [0.29, 0.717) is 6.42 Å². The number of hydrogen-bond donors (Lipinski definition) is 0. The van der Waals surface area contributed by atoms with Crippen LogP contribution >= 0.6 is 11.8 Å². The van der Waals surface area contributed by atoms with Gasteiger partial charge in [-0.3, -0.25) is 9.59 Å². The van der Waals surface area contributed by atoms with Crippen LogP contribution in [-0.4, -0.2) is 68.8 Å². The zero-order valence-electron chi connectivity index (χ0n) is 15.9. The standard InChI is InChI=1S/C19H30N4O2S/c1-16(26-2)18(25)22-11-6-19(7-12-22)5-4-17(24)23(14-19)10-3-9-21-13-8-20-15-21/h8,13,15-16H,3-7,9-12,14H2,1-2H3. The average Bonchev–Trinajstić information content (AvgIpc) is 3.17. The van der Waals surface area contributed by atoms with Crippen LogP contribution in [0.25, 0.3) is 0 Å². The van der Waals surface area contributed by atoms with E-state index < -0.39 is 0 Å². The second-order valence-electron chi connectivity index (χ2n) is 7.67. The highest BCUT2D eigenvalue weighted by Crippen LogP contribution is 2.40. The van der Waals surface area contributed by atoms with Gasteiger partial charge in [-0.15, -0.1) is 0 Å². The Morgan fingerprint density at radius 3 is 2.73 bits per heavy atom. The summed E-state index contributed by atoms with van der Waals surface area (Å²) in [6.07, 6.45) is 12.2. The predicted molar refractivity (Wildman–Crippen MR) is 104 cm³/mol. The molecule has 2 saturated heterocycles. The second-order valence-corrected chi connectivity index (χ2v) is 8.85. The van der Waals surface area contributed by atoms with Crippen LogP contribution in [-0.2, 0) is 16.1 Å². The molecule has 0 bridgehead atoms. The summed E-state index contributed by atoms with van der Waals surface area (Å²) >= 11 is 1.61. The number of imidazole rings is 1. The molecule has 0 N–H and O–H groups in total. The van der Waals surface area contributed by atoms with E-state index in [1.807, 2.05) is 30.6 Å². The van der Waals surface area contributed by atoms with Gasteiger partial charge in [0, 0.05) is 51.5 Å². The fourth-order valence-corrected chi connectivity index (χ4v) is 4.49. The number of likely N-dealkylation sites (tertiary alicyclic amines) is 2. The number of thioether (sulfide) groups is 1. The predicted octanol–water partition coefficient (Wildman–Crippen LogP) is 2.26. The van der Waals surface area contributed by atoms with Gasteiger partial charge in [0.1, 0.15) is 0 Å². The van der Waals surface area contributed by atoms with E-state index in [-0.39, 0.29) is 22.5 Å². The quantitative estimate of drug-likeness (QED) is 0.762.